The molecule has 1 unspecified atom stereocenters. The Hall–Kier alpha value is -2.64. The van der Waals surface area contributed by atoms with E-state index in [1.165, 1.54) is 23.3 Å². The van der Waals surface area contributed by atoms with Crippen molar-refractivity contribution in [3.05, 3.63) is 65.4 Å². The van der Waals surface area contributed by atoms with Crippen LogP contribution in [0.2, 0.25) is 0 Å². The predicted molar refractivity (Wildman–Crippen MR) is 119 cm³/mol. The number of rotatable bonds is 9. The van der Waals surface area contributed by atoms with Crippen LogP contribution in [-0.2, 0) is 34.1 Å². The Kier molecular flexibility index (Phi) is 6.43. The first-order valence-electron chi connectivity index (χ1n) is 10.8. The Labute approximate surface area is 182 Å². The van der Waals surface area contributed by atoms with Crippen LogP contribution in [0.5, 0.6) is 0 Å². The van der Waals surface area contributed by atoms with Gasteiger partial charge in [0.25, 0.3) is 0 Å². The molecule has 0 amide bonds. The second kappa shape index (κ2) is 9.24. The average Bonchev–Trinajstić information content (AvgIpc) is 3.14. The molecular weight excluding hydrogens is 414 g/mol. The number of carbonyl (C=O) groups is 1. The SMILES string of the molecule is O=C(O)C(CCCCc1ccccc1)NS(=O)(=O)c1ccc2c3c(oc2c1)CCCC3. The summed E-state index contributed by atoms with van der Waals surface area (Å²) in [4.78, 5) is 11.7. The van der Waals surface area contributed by atoms with E-state index >= 15 is 0 Å². The van der Waals surface area contributed by atoms with Crippen molar-refractivity contribution in [3.8, 4) is 0 Å². The van der Waals surface area contributed by atoms with Crippen LogP contribution in [-0.4, -0.2) is 25.5 Å². The van der Waals surface area contributed by atoms with E-state index < -0.39 is 22.0 Å². The summed E-state index contributed by atoms with van der Waals surface area (Å²) in [6.07, 6.45) is 6.46. The lowest BCUT2D eigenvalue weighted by atomic mass is 9.96. The van der Waals surface area contributed by atoms with Gasteiger partial charge in [0.05, 0.1) is 4.90 Å². The molecule has 1 aromatic heterocycles. The minimum atomic E-state index is -3.98. The highest BCUT2D eigenvalue weighted by atomic mass is 32.2. The third-order valence-electron chi connectivity index (χ3n) is 5.89. The molecule has 1 heterocycles. The lowest BCUT2D eigenvalue weighted by Gasteiger charge is -2.15. The molecular formula is C24H27NO5S. The number of carboxylic acids is 1. The van der Waals surface area contributed by atoms with Crippen molar-refractivity contribution in [2.24, 2.45) is 0 Å². The van der Waals surface area contributed by atoms with Crippen LogP contribution in [0.25, 0.3) is 11.0 Å². The smallest absolute Gasteiger partial charge is 0.321 e. The van der Waals surface area contributed by atoms with Crippen molar-refractivity contribution in [1.29, 1.82) is 0 Å². The highest BCUT2D eigenvalue weighted by Gasteiger charge is 2.26. The zero-order valence-electron chi connectivity index (χ0n) is 17.3. The molecule has 0 radical (unpaired) electrons. The molecule has 0 spiro atoms. The molecule has 31 heavy (non-hydrogen) atoms. The Morgan fingerprint density at radius 1 is 1.06 bits per heavy atom. The number of unbranched alkanes of at least 4 members (excludes halogenated alkanes) is 1. The molecule has 0 bridgehead atoms. The number of benzene rings is 2. The maximum Gasteiger partial charge on any atom is 0.321 e. The first-order valence-corrected chi connectivity index (χ1v) is 12.3. The van der Waals surface area contributed by atoms with Crippen LogP contribution < -0.4 is 4.72 Å². The lowest BCUT2D eigenvalue weighted by Crippen LogP contribution is -2.40. The molecule has 2 aromatic carbocycles. The van der Waals surface area contributed by atoms with Gasteiger partial charge in [-0.15, -0.1) is 0 Å². The molecule has 0 fully saturated rings. The third-order valence-corrected chi connectivity index (χ3v) is 7.35. The van der Waals surface area contributed by atoms with Gasteiger partial charge in [-0.25, -0.2) is 8.42 Å². The quantitative estimate of drug-likeness (QED) is 0.478. The number of aryl methyl sites for hydroxylation is 3. The maximum absolute atomic E-state index is 12.9. The van der Waals surface area contributed by atoms with E-state index in [1.807, 2.05) is 30.3 Å². The molecule has 2 N–H and O–H groups in total. The van der Waals surface area contributed by atoms with Gasteiger partial charge in [0.1, 0.15) is 17.4 Å². The monoisotopic (exact) mass is 441 g/mol. The Morgan fingerprint density at radius 2 is 1.84 bits per heavy atom. The first-order chi connectivity index (χ1) is 14.9. The molecule has 1 aliphatic rings. The zero-order chi connectivity index (χ0) is 21.8. The van der Waals surface area contributed by atoms with Crippen molar-refractivity contribution < 1.29 is 22.7 Å². The minimum absolute atomic E-state index is 0.0293. The number of nitrogens with one attached hydrogen (secondary N) is 1. The molecule has 3 aromatic rings. The number of fused-ring (bicyclic) bond motifs is 3. The second-order valence-electron chi connectivity index (χ2n) is 8.11. The Bertz CT molecular complexity index is 1170. The van der Waals surface area contributed by atoms with Crippen molar-refractivity contribution in [1.82, 2.24) is 4.72 Å². The van der Waals surface area contributed by atoms with Crippen LogP contribution in [0, 0.1) is 0 Å². The number of aliphatic carboxylic acids is 1. The molecule has 1 aliphatic carbocycles. The fourth-order valence-electron chi connectivity index (χ4n) is 4.22. The number of furan rings is 1. The molecule has 0 saturated carbocycles. The highest BCUT2D eigenvalue weighted by Crippen LogP contribution is 2.33. The van der Waals surface area contributed by atoms with Crippen molar-refractivity contribution in [2.45, 2.75) is 62.3 Å². The van der Waals surface area contributed by atoms with Gasteiger partial charge in [-0.3, -0.25) is 4.79 Å². The number of sulfonamides is 1. The van der Waals surface area contributed by atoms with Gasteiger partial charge in [-0.1, -0.05) is 36.8 Å². The molecule has 4 rings (SSSR count). The fourth-order valence-corrected chi connectivity index (χ4v) is 5.46. The van der Waals surface area contributed by atoms with Crippen LogP contribution in [0.3, 0.4) is 0 Å². The topological polar surface area (TPSA) is 96.6 Å². The van der Waals surface area contributed by atoms with Crippen molar-refractivity contribution >= 4 is 27.0 Å². The van der Waals surface area contributed by atoms with Gasteiger partial charge in [0, 0.05) is 23.4 Å². The molecule has 1 atom stereocenters. The summed E-state index contributed by atoms with van der Waals surface area (Å²) in [6, 6.07) is 13.6. The normalized spacial score (nSPS) is 15.0. The highest BCUT2D eigenvalue weighted by molar-refractivity contribution is 7.89. The van der Waals surface area contributed by atoms with Crippen LogP contribution >= 0.6 is 0 Å². The summed E-state index contributed by atoms with van der Waals surface area (Å²) < 4.78 is 34.0. The molecule has 164 valence electrons. The molecule has 7 heteroatoms. The molecule has 0 aliphatic heterocycles. The Balaban J connectivity index is 1.43. The van der Waals surface area contributed by atoms with Gasteiger partial charge < -0.3 is 9.52 Å². The molecule has 6 nitrogen and oxygen atoms in total. The van der Waals surface area contributed by atoms with Crippen LogP contribution in [0.1, 0.15) is 49.0 Å². The van der Waals surface area contributed by atoms with Crippen LogP contribution in [0.15, 0.2) is 57.8 Å². The summed E-state index contributed by atoms with van der Waals surface area (Å²) in [5.74, 6) is -0.233. The minimum Gasteiger partial charge on any atom is -0.480 e. The maximum atomic E-state index is 12.9. The summed E-state index contributed by atoms with van der Waals surface area (Å²) in [5.41, 5.74) is 2.90. The Morgan fingerprint density at radius 3 is 2.61 bits per heavy atom. The van der Waals surface area contributed by atoms with Gasteiger partial charge in [0.15, 0.2) is 0 Å². The largest absolute Gasteiger partial charge is 0.480 e. The zero-order valence-corrected chi connectivity index (χ0v) is 18.2. The van der Waals surface area contributed by atoms with E-state index in [9.17, 15) is 18.3 Å². The van der Waals surface area contributed by atoms with E-state index in [4.69, 9.17) is 4.42 Å². The standard InChI is InChI=1S/C24H27NO5S/c26-24(27)21(12-6-4-10-17-8-2-1-3-9-17)25-31(28,29)18-14-15-20-19-11-5-7-13-22(19)30-23(20)16-18/h1-3,8-9,14-16,21,25H,4-7,10-13H2,(H,26,27). The number of hydrogen-bond donors (Lipinski definition) is 2. The van der Waals surface area contributed by atoms with Crippen molar-refractivity contribution in [3.63, 3.8) is 0 Å². The first kappa shape index (κ1) is 21.6. The van der Waals surface area contributed by atoms with Crippen LogP contribution in [0.4, 0.5) is 0 Å². The average molecular weight is 442 g/mol. The second-order valence-corrected chi connectivity index (χ2v) is 9.83. The van der Waals surface area contributed by atoms with E-state index in [0.29, 0.717) is 12.0 Å². The van der Waals surface area contributed by atoms with Crippen molar-refractivity contribution in [2.75, 3.05) is 0 Å². The van der Waals surface area contributed by atoms with E-state index in [0.717, 1.165) is 49.7 Å². The summed E-state index contributed by atoms with van der Waals surface area (Å²) in [6.45, 7) is 0. The number of hydrogen-bond acceptors (Lipinski definition) is 4. The van der Waals surface area contributed by atoms with Gasteiger partial charge in [0.2, 0.25) is 10.0 Å². The van der Waals surface area contributed by atoms with E-state index in [2.05, 4.69) is 4.72 Å². The summed E-state index contributed by atoms with van der Waals surface area (Å²) >= 11 is 0. The molecule has 0 saturated heterocycles. The summed E-state index contributed by atoms with van der Waals surface area (Å²) in [5, 5.41) is 10.5. The van der Waals surface area contributed by atoms with E-state index in [-0.39, 0.29) is 11.3 Å². The summed E-state index contributed by atoms with van der Waals surface area (Å²) in [7, 11) is -3.98. The lowest BCUT2D eigenvalue weighted by molar-refractivity contribution is -0.139. The van der Waals surface area contributed by atoms with Gasteiger partial charge >= 0.3 is 5.97 Å². The third kappa shape index (κ3) is 4.99. The number of carboxylic acid groups (broad SMARTS) is 1. The fraction of sp³-hybridized carbons (Fsp3) is 0.375. The van der Waals surface area contributed by atoms with Gasteiger partial charge in [-0.2, -0.15) is 4.72 Å². The van der Waals surface area contributed by atoms with Gasteiger partial charge in [-0.05, 0) is 56.2 Å². The predicted octanol–water partition coefficient (Wildman–Crippen LogP) is 4.46. The van der Waals surface area contributed by atoms with E-state index in [1.54, 1.807) is 6.07 Å².